The monoisotopic (exact) mass is 204 g/mol. The van der Waals surface area contributed by atoms with Gasteiger partial charge in [-0.15, -0.1) is 0 Å². The van der Waals surface area contributed by atoms with Crippen LogP contribution in [0.25, 0.3) is 11.0 Å². The van der Waals surface area contributed by atoms with E-state index in [4.69, 9.17) is 9.15 Å². The number of benzene rings is 1. The Morgan fingerprint density at radius 2 is 2.13 bits per heavy atom. The summed E-state index contributed by atoms with van der Waals surface area (Å²) in [6, 6.07) is 5.45. The maximum Gasteiger partial charge on any atom is 0.163 e. The zero-order chi connectivity index (χ0) is 11.0. The van der Waals surface area contributed by atoms with Gasteiger partial charge < -0.3 is 9.15 Å². The van der Waals surface area contributed by atoms with E-state index in [1.807, 2.05) is 18.2 Å². The van der Waals surface area contributed by atoms with Gasteiger partial charge >= 0.3 is 0 Å². The minimum atomic E-state index is 0.0134. The van der Waals surface area contributed by atoms with Gasteiger partial charge in [0.15, 0.2) is 5.78 Å². The second-order valence-electron chi connectivity index (χ2n) is 3.45. The summed E-state index contributed by atoms with van der Waals surface area (Å²) in [7, 11) is 1.60. The maximum absolute atomic E-state index is 11.4. The molecule has 0 amide bonds. The molecule has 2 rings (SSSR count). The van der Waals surface area contributed by atoms with Crippen molar-refractivity contribution < 1.29 is 13.9 Å². The highest BCUT2D eigenvalue weighted by atomic mass is 16.5. The van der Waals surface area contributed by atoms with E-state index in [0.717, 1.165) is 16.7 Å². The second-order valence-corrected chi connectivity index (χ2v) is 3.45. The molecule has 0 saturated carbocycles. The first-order chi connectivity index (χ1) is 7.13. The van der Waals surface area contributed by atoms with Crippen molar-refractivity contribution in [1.29, 1.82) is 0 Å². The average molecular weight is 204 g/mol. The molecule has 0 saturated heterocycles. The van der Waals surface area contributed by atoms with Crippen LogP contribution in [0.15, 0.2) is 22.6 Å². The molecule has 1 aromatic carbocycles. The van der Waals surface area contributed by atoms with Gasteiger partial charge in [-0.25, -0.2) is 0 Å². The molecule has 0 unspecified atom stereocenters. The van der Waals surface area contributed by atoms with E-state index in [9.17, 15) is 4.79 Å². The van der Waals surface area contributed by atoms with E-state index in [1.165, 1.54) is 6.92 Å². The highest BCUT2D eigenvalue weighted by Gasteiger charge is 2.14. The summed E-state index contributed by atoms with van der Waals surface area (Å²) in [6.45, 7) is 3.33. The van der Waals surface area contributed by atoms with Crippen molar-refractivity contribution in [1.82, 2.24) is 0 Å². The van der Waals surface area contributed by atoms with E-state index in [0.29, 0.717) is 11.3 Å². The van der Waals surface area contributed by atoms with Crippen molar-refractivity contribution in [3.63, 3.8) is 0 Å². The van der Waals surface area contributed by atoms with Gasteiger partial charge in [0.05, 0.1) is 12.7 Å². The summed E-state index contributed by atoms with van der Waals surface area (Å²) >= 11 is 0. The Hall–Kier alpha value is -1.77. The molecule has 0 aliphatic carbocycles. The van der Waals surface area contributed by atoms with Crippen molar-refractivity contribution in [3.05, 3.63) is 29.5 Å². The first-order valence-electron chi connectivity index (χ1n) is 4.71. The molecule has 78 valence electrons. The van der Waals surface area contributed by atoms with Gasteiger partial charge in [-0.3, -0.25) is 4.79 Å². The fourth-order valence-electron chi connectivity index (χ4n) is 1.76. The molecule has 0 fully saturated rings. The predicted octanol–water partition coefficient (Wildman–Crippen LogP) is 2.95. The number of ketones is 1. The van der Waals surface area contributed by atoms with Gasteiger partial charge in [0.2, 0.25) is 0 Å². The predicted molar refractivity (Wildman–Crippen MR) is 57.5 cm³/mol. The molecule has 3 nitrogen and oxygen atoms in total. The quantitative estimate of drug-likeness (QED) is 0.706. The van der Waals surface area contributed by atoms with Crippen LogP contribution in [-0.2, 0) is 0 Å². The SMILES string of the molecule is COc1ccc2oc(C)c(C(C)=O)c2c1. The van der Waals surface area contributed by atoms with E-state index in [2.05, 4.69) is 0 Å². The number of hydrogen-bond donors (Lipinski definition) is 0. The largest absolute Gasteiger partial charge is 0.497 e. The lowest BCUT2D eigenvalue weighted by molar-refractivity contribution is 0.101. The van der Waals surface area contributed by atoms with Gasteiger partial charge in [0, 0.05) is 5.39 Å². The number of methoxy groups -OCH3 is 1. The molecular formula is C12H12O3. The highest BCUT2D eigenvalue weighted by Crippen LogP contribution is 2.29. The summed E-state index contributed by atoms with van der Waals surface area (Å²) < 4.78 is 10.6. The van der Waals surface area contributed by atoms with E-state index in [-0.39, 0.29) is 5.78 Å². The Bertz CT molecular complexity index is 523. The Labute approximate surface area is 87.6 Å². The van der Waals surface area contributed by atoms with Crippen molar-refractivity contribution in [2.75, 3.05) is 7.11 Å². The van der Waals surface area contributed by atoms with Gasteiger partial charge in [0.1, 0.15) is 17.1 Å². The van der Waals surface area contributed by atoms with Crippen molar-refractivity contribution >= 4 is 16.8 Å². The normalized spacial score (nSPS) is 10.6. The fourth-order valence-corrected chi connectivity index (χ4v) is 1.76. The lowest BCUT2D eigenvalue weighted by Gasteiger charge is -1.98. The third-order valence-electron chi connectivity index (χ3n) is 2.42. The third-order valence-corrected chi connectivity index (χ3v) is 2.42. The number of rotatable bonds is 2. The summed E-state index contributed by atoms with van der Waals surface area (Å²) in [5, 5.41) is 0.819. The fraction of sp³-hybridized carbons (Fsp3) is 0.250. The molecule has 0 aliphatic rings. The minimum absolute atomic E-state index is 0.0134. The number of hydrogen-bond acceptors (Lipinski definition) is 3. The van der Waals surface area contributed by atoms with Crippen LogP contribution in [-0.4, -0.2) is 12.9 Å². The lowest BCUT2D eigenvalue weighted by atomic mass is 10.1. The number of carbonyl (C=O) groups excluding carboxylic acids is 1. The first-order valence-corrected chi connectivity index (χ1v) is 4.71. The molecule has 0 N–H and O–H groups in total. The molecule has 1 heterocycles. The van der Waals surface area contributed by atoms with Crippen LogP contribution >= 0.6 is 0 Å². The van der Waals surface area contributed by atoms with E-state index in [1.54, 1.807) is 14.0 Å². The zero-order valence-electron chi connectivity index (χ0n) is 8.96. The molecule has 0 radical (unpaired) electrons. The molecular weight excluding hydrogens is 192 g/mol. The number of aryl methyl sites for hydroxylation is 1. The van der Waals surface area contributed by atoms with E-state index >= 15 is 0 Å². The Kier molecular flexibility index (Phi) is 2.23. The maximum atomic E-state index is 11.4. The van der Waals surface area contributed by atoms with Crippen LogP contribution in [0, 0.1) is 6.92 Å². The Morgan fingerprint density at radius 1 is 1.40 bits per heavy atom. The molecule has 2 aromatic rings. The van der Waals surface area contributed by atoms with Crippen LogP contribution in [0.5, 0.6) is 5.75 Å². The van der Waals surface area contributed by atoms with Crippen LogP contribution in [0.1, 0.15) is 23.0 Å². The Balaban J connectivity index is 2.77. The lowest BCUT2D eigenvalue weighted by Crippen LogP contribution is -1.92. The average Bonchev–Trinajstić information content (AvgIpc) is 2.52. The Morgan fingerprint density at radius 3 is 2.73 bits per heavy atom. The second kappa shape index (κ2) is 3.42. The molecule has 0 atom stereocenters. The number of carbonyl (C=O) groups is 1. The van der Waals surface area contributed by atoms with Crippen LogP contribution in [0.3, 0.4) is 0 Å². The first kappa shape index (κ1) is 9.77. The van der Waals surface area contributed by atoms with Crippen LogP contribution in [0.2, 0.25) is 0 Å². The molecule has 0 spiro atoms. The van der Waals surface area contributed by atoms with Crippen molar-refractivity contribution in [3.8, 4) is 5.75 Å². The molecule has 0 bridgehead atoms. The number of fused-ring (bicyclic) bond motifs is 1. The van der Waals surface area contributed by atoms with Gasteiger partial charge in [-0.2, -0.15) is 0 Å². The van der Waals surface area contributed by atoms with E-state index < -0.39 is 0 Å². The van der Waals surface area contributed by atoms with Gasteiger partial charge in [-0.1, -0.05) is 0 Å². The summed E-state index contributed by atoms with van der Waals surface area (Å²) in [5.41, 5.74) is 1.36. The number of Topliss-reactive ketones (excluding diaryl/α,β-unsaturated/α-hetero) is 1. The van der Waals surface area contributed by atoms with Gasteiger partial charge in [-0.05, 0) is 32.0 Å². The highest BCUT2D eigenvalue weighted by molar-refractivity contribution is 6.07. The van der Waals surface area contributed by atoms with Crippen molar-refractivity contribution in [2.24, 2.45) is 0 Å². The number of furan rings is 1. The topological polar surface area (TPSA) is 39.4 Å². The molecule has 15 heavy (non-hydrogen) atoms. The molecule has 1 aromatic heterocycles. The zero-order valence-corrected chi connectivity index (χ0v) is 8.96. The smallest absolute Gasteiger partial charge is 0.163 e. The van der Waals surface area contributed by atoms with Crippen LogP contribution in [0.4, 0.5) is 0 Å². The summed E-state index contributed by atoms with van der Waals surface area (Å²) in [6.07, 6.45) is 0. The standard InChI is InChI=1S/C12H12O3/c1-7(13)12-8(2)15-11-5-4-9(14-3)6-10(11)12/h4-6H,1-3H3. The van der Waals surface area contributed by atoms with Gasteiger partial charge in [0.25, 0.3) is 0 Å². The third kappa shape index (κ3) is 1.50. The molecule has 3 heteroatoms. The minimum Gasteiger partial charge on any atom is -0.497 e. The summed E-state index contributed by atoms with van der Waals surface area (Å²) in [4.78, 5) is 11.4. The molecule has 0 aliphatic heterocycles. The van der Waals surface area contributed by atoms with Crippen LogP contribution < -0.4 is 4.74 Å². The van der Waals surface area contributed by atoms with Crippen molar-refractivity contribution in [2.45, 2.75) is 13.8 Å². The number of ether oxygens (including phenoxy) is 1. The summed E-state index contributed by atoms with van der Waals surface area (Å²) in [5.74, 6) is 1.40.